The first-order valence-electron chi connectivity index (χ1n) is 10.7. The first kappa shape index (κ1) is 24.8. The summed E-state index contributed by atoms with van der Waals surface area (Å²) in [5.74, 6) is 0. The quantitative estimate of drug-likeness (QED) is 0.311. The summed E-state index contributed by atoms with van der Waals surface area (Å²) in [5.41, 5.74) is 0. The third-order valence-corrected chi connectivity index (χ3v) is 5.89. The minimum Gasteiger partial charge on any atom is -0.376 e. The molecule has 27 heavy (non-hydrogen) atoms. The molecule has 7 heteroatoms. The van der Waals surface area contributed by atoms with Gasteiger partial charge in [0.25, 0.3) is 0 Å². The average Bonchev–Trinajstić information content (AvgIpc) is 3.08. The van der Waals surface area contributed by atoms with Crippen LogP contribution in [0.4, 0.5) is 0 Å². The van der Waals surface area contributed by atoms with Gasteiger partial charge in [0.1, 0.15) is 0 Å². The molecule has 0 aliphatic carbocycles. The molecule has 1 saturated heterocycles. The van der Waals surface area contributed by atoms with Crippen LogP contribution in [-0.4, -0.2) is 40.6 Å². The summed E-state index contributed by atoms with van der Waals surface area (Å²) < 4.78 is 43.0. The number of unbranched alkanes of at least 4 members (excludes halogenated alkanes) is 9. The summed E-state index contributed by atoms with van der Waals surface area (Å²) in [4.78, 5) is 0. The van der Waals surface area contributed by atoms with E-state index in [1.807, 2.05) is 0 Å². The summed E-state index contributed by atoms with van der Waals surface area (Å²) in [6, 6.07) is 0. The molecule has 0 amide bonds. The molecule has 1 aliphatic heterocycles. The molecule has 6 nitrogen and oxygen atoms in total. The van der Waals surface area contributed by atoms with E-state index in [1.165, 1.54) is 64.2 Å². The highest BCUT2D eigenvalue weighted by Gasteiger charge is 2.30. The molecule has 1 rings (SSSR count). The number of ether oxygens (including phenoxy) is 2. The Morgan fingerprint density at radius 2 is 1.56 bits per heavy atom. The summed E-state index contributed by atoms with van der Waals surface area (Å²) in [6.45, 7) is 4.82. The fourth-order valence-corrected chi connectivity index (χ4v) is 3.79. The van der Waals surface area contributed by atoms with E-state index in [0.717, 1.165) is 20.0 Å². The van der Waals surface area contributed by atoms with Crippen LogP contribution in [-0.2, 0) is 28.2 Å². The van der Waals surface area contributed by atoms with Crippen molar-refractivity contribution in [2.45, 2.75) is 116 Å². The van der Waals surface area contributed by atoms with Gasteiger partial charge in [-0.2, -0.15) is 8.42 Å². The van der Waals surface area contributed by atoms with Crippen molar-refractivity contribution in [3.05, 3.63) is 0 Å². The van der Waals surface area contributed by atoms with Crippen LogP contribution < -0.4 is 0 Å². The van der Waals surface area contributed by atoms with Gasteiger partial charge in [0.15, 0.2) is 6.29 Å². The molecule has 162 valence electrons. The molecule has 0 aromatic carbocycles. The predicted octanol–water partition coefficient (Wildman–Crippen LogP) is 5.12. The normalized spacial score (nSPS) is 21.6. The summed E-state index contributed by atoms with van der Waals surface area (Å²) in [5, 5.41) is 0. The molecule has 0 spiro atoms. The van der Waals surface area contributed by atoms with Crippen molar-refractivity contribution in [2.24, 2.45) is 0 Å². The van der Waals surface area contributed by atoms with E-state index >= 15 is 0 Å². The van der Waals surface area contributed by atoms with Crippen molar-refractivity contribution >= 4 is 10.4 Å². The summed E-state index contributed by atoms with van der Waals surface area (Å²) in [7, 11) is -2.88. The molecule has 0 aromatic heterocycles. The standard InChI is InChI=1S/C20H40O6S/c1-4-5-6-7-8-9-10-11-12-13-14-18(2)24-17-19-15-16-20(25-19)26-27(21,22)23-3/h18-20H,4-17H2,1-3H3. The Bertz CT molecular complexity index is 453. The summed E-state index contributed by atoms with van der Waals surface area (Å²) >= 11 is 0. The van der Waals surface area contributed by atoms with Gasteiger partial charge in [-0.15, -0.1) is 0 Å². The molecular formula is C20H40O6S. The van der Waals surface area contributed by atoms with Crippen molar-refractivity contribution in [3.8, 4) is 0 Å². The molecule has 1 aliphatic rings. The highest BCUT2D eigenvalue weighted by atomic mass is 32.3. The highest BCUT2D eigenvalue weighted by molar-refractivity contribution is 7.81. The number of rotatable bonds is 17. The lowest BCUT2D eigenvalue weighted by Gasteiger charge is -2.17. The van der Waals surface area contributed by atoms with Crippen molar-refractivity contribution in [1.82, 2.24) is 0 Å². The minimum atomic E-state index is -3.95. The van der Waals surface area contributed by atoms with Crippen LogP contribution >= 0.6 is 0 Å². The zero-order valence-electron chi connectivity index (χ0n) is 17.5. The molecule has 3 atom stereocenters. The lowest BCUT2D eigenvalue weighted by Crippen LogP contribution is -2.23. The lowest BCUT2D eigenvalue weighted by molar-refractivity contribution is -0.103. The molecule has 1 heterocycles. The Balaban J connectivity index is 1.95. The van der Waals surface area contributed by atoms with Crippen LogP contribution in [0.15, 0.2) is 0 Å². The van der Waals surface area contributed by atoms with Crippen molar-refractivity contribution in [2.75, 3.05) is 13.7 Å². The van der Waals surface area contributed by atoms with Gasteiger partial charge in [0, 0.05) is 6.42 Å². The zero-order chi connectivity index (χ0) is 20.0. The van der Waals surface area contributed by atoms with Crippen LogP contribution in [0.1, 0.15) is 97.3 Å². The van der Waals surface area contributed by atoms with Gasteiger partial charge in [-0.3, -0.25) is 4.18 Å². The SMILES string of the molecule is CCCCCCCCCCCCC(C)OCC1CCC(OS(=O)(=O)OC)O1. The van der Waals surface area contributed by atoms with Gasteiger partial charge in [-0.25, -0.2) is 4.18 Å². The number of hydrogen-bond acceptors (Lipinski definition) is 6. The van der Waals surface area contributed by atoms with Gasteiger partial charge >= 0.3 is 10.4 Å². The zero-order valence-corrected chi connectivity index (χ0v) is 18.3. The van der Waals surface area contributed by atoms with E-state index in [0.29, 0.717) is 13.0 Å². The molecule has 0 N–H and O–H groups in total. The van der Waals surface area contributed by atoms with E-state index in [4.69, 9.17) is 13.7 Å². The highest BCUT2D eigenvalue weighted by Crippen LogP contribution is 2.23. The molecule has 0 saturated carbocycles. The van der Waals surface area contributed by atoms with Gasteiger partial charge < -0.3 is 9.47 Å². The van der Waals surface area contributed by atoms with Crippen LogP contribution in [0, 0.1) is 0 Å². The van der Waals surface area contributed by atoms with Crippen LogP contribution in [0.2, 0.25) is 0 Å². The van der Waals surface area contributed by atoms with Crippen LogP contribution in [0.3, 0.4) is 0 Å². The second kappa shape index (κ2) is 14.7. The van der Waals surface area contributed by atoms with Crippen LogP contribution in [0.5, 0.6) is 0 Å². The third kappa shape index (κ3) is 12.8. The van der Waals surface area contributed by atoms with Gasteiger partial charge in [-0.05, 0) is 19.8 Å². The monoisotopic (exact) mass is 408 g/mol. The fraction of sp³-hybridized carbons (Fsp3) is 1.00. The molecule has 0 bridgehead atoms. The maximum atomic E-state index is 11.2. The fourth-order valence-electron chi connectivity index (χ4n) is 3.31. The Morgan fingerprint density at radius 1 is 0.963 bits per heavy atom. The first-order valence-corrected chi connectivity index (χ1v) is 12.1. The first-order chi connectivity index (χ1) is 13.0. The Kier molecular flexibility index (Phi) is 13.6. The van der Waals surface area contributed by atoms with E-state index in [2.05, 4.69) is 18.0 Å². The Morgan fingerprint density at radius 3 is 2.15 bits per heavy atom. The maximum Gasteiger partial charge on any atom is 0.402 e. The van der Waals surface area contributed by atoms with E-state index < -0.39 is 16.7 Å². The molecule has 0 radical (unpaired) electrons. The lowest BCUT2D eigenvalue weighted by atomic mass is 10.0. The molecule has 0 aromatic rings. The average molecular weight is 409 g/mol. The van der Waals surface area contributed by atoms with E-state index in [1.54, 1.807) is 0 Å². The topological polar surface area (TPSA) is 71.1 Å². The number of hydrogen-bond donors (Lipinski definition) is 0. The third-order valence-electron chi connectivity index (χ3n) is 5.03. The Hall–Kier alpha value is -0.210. The van der Waals surface area contributed by atoms with Gasteiger partial charge in [0.05, 0.1) is 25.9 Å². The van der Waals surface area contributed by atoms with E-state index in [-0.39, 0.29) is 12.2 Å². The largest absolute Gasteiger partial charge is 0.402 e. The second-order valence-corrected chi connectivity index (χ2v) is 8.89. The molecule has 3 unspecified atom stereocenters. The van der Waals surface area contributed by atoms with E-state index in [9.17, 15) is 8.42 Å². The maximum absolute atomic E-state index is 11.2. The van der Waals surface area contributed by atoms with Gasteiger partial charge in [0.2, 0.25) is 0 Å². The molecule has 1 fully saturated rings. The van der Waals surface area contributed by atoms with Gasteiger partial charge in [-0.1, -0.05) is 71.1 Å². The van der Waals surface area contributed by atoms with Crippen molar-refractivity contribution in [3.63, 3.8) is 0 Å². The molecular weight excluding hydrogens is 368 g/mol. The second-order valence-electron chi connectivity index (χ2n) is 7.55. The van der Waals surface area contributed by atoms with Crippen molar-refractivity contribution in [1.29, 1.82) is 0 Å². The minimum absolute atomic E-state index is 0.114. The smallest absolute Gasteiger partial charge is 0.376 e. The van der Waals surface area contributed by atoms with Crippen LogP contribution in [0.25, 0.3) is 0 Å². The van der Waals surface area contributed by atoms with Crippen molar-refractivity contribution < 1.29 is 26.3 Å². The Labute approximate surface area is 166 Å². The summed E-state index contributed by atoms with van der Waals surface area (Å²) in [6.07, 6.45) is 15.0. The predicted molar refractivity (Wildman–Crippen MR) is 107 cm³/mol.